The molecule has 0 aromatic heterocycles. The van der Waals surface area contributed by atoms with Crippen molar-refractivity contribution >= 4 is 11.7 Å². The summed E-state index contributed by atoms with van der Waals surface area (Å²) < 4.78 is 0. The molecule has 0 saturated carbocycles. The molecule has 0 saturated heterocycles. The number of phenolic OH excluding ortho intramolecular Hbond substituents is 3. The number of hydrogen-bond acceptors (Lipinski definition) is 4. The Balaban J connectivity index is 2.54. The highest BCUT2D eigenvalue weighted by Gasteiger charge is 2.09. The summed E-state index contributed by atoms with van der Waals surface area (Å²) >= 11 is 0. The number of anilines is 1. The number of amides is 2. The Labute approximate surface area is 105 Å². The van der Waals surface area contributed by atoms with E-state index in [2.05, 4.69) is 24.5 Å². The maximum Gasteiger partial charge on any atom is 0.319 e. The van der Waals surface area contributed by atoms with Crippen LogP contribution in [-0.4, -0.2) is 27.9 Å². The minimum atomic E-state index is -0.610. The molecular weight excluding hydrogens is 236 g/mol. The average Bonchev–Trinajstić information content (AvgIpc) is 2.25. The van der Waals surface area contributed by atoms with Gasteiger partial charge < -0.3 is 26.0 Å². The van der Waals surface area contributed by atoms with Gasteiger partial charge in [0.1, 0.15) is 0 Å². The third-order valence-corrected chi connectivity index (χ3v) is 2.33. The van der Waals surface area contributed by atoms with Crippen LogP contribution in [0.25, 0.3) is 0 Å². The smallest absolute Gasteiger partial charge is 0.319 e. The Morgan fingerprint density at radius 2 is 1.78 bits per heavy atom. The molecule has 0 aliphatic rings. The lowest BCUT2D eigenvalue weighted by Crippen LogP contribution is -2.30. The first-order chi connectivity index (χ1) is 8.40. The molecule has 1 aromatic carbocycles. The van der Waals surface area contributed by atoms with Crippen LogP contribution in [0, 0.1) is 5.92 Å². The topological polar surface area (TPSA) is 102 Å². The summed E-state index contributed by atoms with van der Waals surface area (Å²) in [6.07, 6.45) is 0.861. The molecule has 6 nitrogen and oxygen atoms in total. The molecule has 1 aromatic rings. The zero-order valence-corrected chi connectivity index (χ0v) is 10.4. The Bertz CT molecular complexity index is 409. The maximum absolute atomic E-state index is 11.5. The Morgan fingerprint density at radius 1 is 1.22 bits per heavy atom. The molecule has 0 unspecified atom stereocenters. The standard InChI is InChI=1S/C12H18N2O4/c1-7(2)3-4-13-12(18)14-8-5-9(15)11(17)10(16)6-8/h5-7,15-17H,3-4H2,1-2H3,(H2,13,14,18). The van der Waals surface area contributed by atoms with E-state index >= 15 is 0 Å². The van der Waals surface area contributed by atoms with E-state index in [9.17, 15) is 15.0 Å². The van der Waals surface area contributed by atoms with Crippen molar-refractivity contribution in [1.29, 1.82) is 0 Å². The fraction of sp³-hybridized carbons (Fsp3) is 0.417. The lowest BCUT2D eigenvalue weighted by atomic mass is 10.1. The average molecular weight is 254 g/mol. The van der Waals surface area contributed by atoms with Crippen molar-refractivity contribution < 1.29 is 20.1 Å². The van der Waals surface area contributed by atoms with Gasteiger partial charge in [-0.05, 0) is 12.3 Å². The van der Waals surface area contributed by atoms with Crippen LogP contribution in [0.2, 0.25) is 0 Å². The van der Waals surface area contributed by atoms with Crippen LogP contribution < -0.4 is 10.6 Å². The maximum atomic E-state index is 11.5. The summed E-state index contributed by atoms with van der Waals surface area (Å²) in [4.78, 5) is 11.5. The molecule has 0 bridgehead atoms. The molecule has 0 fully saturated rings. The van der Waals surface area contributed by atoms with Crippen molar-refractivity contribution in [3.63, 3.8) is 0 Å². The van der Waals surface area contributed by atoms with Crippen molar-refractivity contribution in [2.24, 2.45) is 5.92 Å². The number of nitrogens with one attached hydrogen (secondary N) is 2. The predicted octanol–water partition coefficient (Wildman–Crippen LogP) is 1.97. The third kappa shape index (κ3) is 4.04. The zero-order chi connectivity index (χ0) is 13.7. The van der Waals surface area contributed by atoms with Crippen molar-refractivity contribution in [3.05, 3.63) is 12.1 Å². The second-order valence-corrected chi connectivity index (χ2v) is 4.43. The van der Waals surface area contributed by atoms with Gasteiger partial charge in [0.2, 0.25) is 0 Å². The number of benzene rings is 1. The lowest BCUT2D eigenvalue weighted by molar-refractivity contribution is 0.251. The Kier molecular flexibility index (Phi) is 4.65. The summed E-state index contributed by atoms with van der Waals surface area (Å²) in [6, 6.07) is 1.87. The SMILES string of the molecule is CC(C)CCNC(=O)Nc1cc(O)c(O)c(O)c1. The zero-order valence-electron chi connectivity index (χ0n) is 10.4. The van der Waals surface area contributed by atoms with Crippen molar-refractivity contribution in [1.82, 2.24) is 5.32 Å². The predicted molar refractivity (Wildman–Crippen MR) is 67.9 cm³/mol. The van der Waals surface area contributed by atoms with E-state index in [1.54, 1.807) is 0 Å². The van der Waals surface area contributed by atoms with Crippen LogP contribution in [0.5, 0.6) is 17.2 Å². The number of carbonyl (C=O) groups is 1. The molecule has 0 atom stereocenters. The van der Waals surface area contributed by atoms with Gasteiger partial charge in [-0.15, -0.1) is 0 Å². The Morgan fingerprint density at radius 3 is 2.28 bits per heavy atom. The van der Waals surface area contributed by atoms with Gasteiger partial charge in [0.15, 0.2) is 17.2 Å². The van der Waals surface area contributed by atoms with Gasteiger partial charge in [-0.1, -0.05) is 13.8 Å². The molecule has 5 N–H and O–H groups in total. The summed E-state index contributed by atoms with van der Waals surface area (Å²) in [7, 11) is 0. The van der Waals surface area contributed by atoms with Crippen molar-refractivity contribution in [2.75, 3.05) is 11.9 Å². The molecule has 0 aliphatic carbocycles. The van der Waals surface area contributed by atoms with Crippen LogP contribution >= 0.6 is 0 Å². The first-order valence-corrected chi connectivity index (χ1v) is 5.70. The van der Waals surface area contributed by atoms with Gasteiger partial charge in [0, 0.05) is 18.7 Å². The Hall–Kier alpha value is -2.11. The highest BCUT2D eigenvalue weighted by Crippen LogP contribution is 2.37. The number of rotatable bonds is 4. The molecule has 18 heavy (non-hydrogen) atoms. The molecule has 2 amide bonds. The summed E-state index contributed by atoms with van der Waals surface area (Å²) in [5.74, 6) is -1.10. The molecular formula is C12H18N2O4. The number of urea groups is 1. The van der Waals surface area contributed by atoms with E-state index in [0.717, 1.165) is 18.6 Å². The largest absolute Gasteiger partial charge is 0.504 e. The van der Waals surface area contributed by atoms with Crippen LogP contribution in [0.4, 0.5) is 10.5 Å². The van der Waals surface area contributed by atoms with Crippen LogP contribution in [-0.2, 0) is 0 Å². The minimum Gasteiger partial charge on any atom is -0.504 e. The summed E-state index contributed by atoms with van der Waals surface area (Å²) in [5.41, 5.74) is 0.199. The molecule has 0 radical (unpaired) electrons. The van der Waals surface area contributed by atoms with E-state index in [4.69, 9.17) is 5.11 Å². The second kappa shape index (κ2) is 6.00. The second-order valence-electron chi connectivity index (χ2n) is 4.43. The van der Waals surface area contributed by atoms with Gasteiger partial charge >= 0.3 is 6.03 Å². The highest BCUT2D eigenvalue weighted by atomic mass is 16.3. The number of phenols is 3. The highest BCUT2D eigenvalue weighted by molar-refractivity contribution is 5.90. The number of carbonyl (C=O) groups excluding carboxylic acids is 1. The third-order valence-electron chi connectivity index (χ3n) is 2.33. The molecule has 0 aliphatic heterocycles. The van der Waals surface area contributed by atoms with Crippen LogP contribution in [0.15, 0.2) is 12.1 Å². The van der Waals surface area contributed by atoms with E-state index in [1.807, 2.05) is 0 Å². The molecule has 1 rings (SSSR count). The fourth-order valence-corrected chi connectivity index (χ4v) is 1.33. The van der Waals surface area contributed by atoms with Gasteiger partial charge in [-0.3, -0.25) is 0 Å². The minimum absolute atomic E-state index is 0.199. The number of aromatic hydroxyl groups is 3. The van der Waals surface area contributed by atoms with Gasteiger partial charge in [-0.25, -0.2) is 4.79 Å². The first kappa shape index (κ1) is 14.0. The molecule has 6 heteroatoms. The van der Waals surface area contributed by atoms with E-state index in [-0.39, 0.29) is 5.69 Å². The van der Waals surface area contributed by atoms with Crippen molar-refractivity contribution in [2.45, 2.75) is 20.3 Å². The summed E-state index contributed by atoms with van der Waals surface area (Å²) in [5, 5.41) is 32.7. The van der Waals surface area contributed by atoms with E-state index in [1.165, 1.54) is 0 Å². The lowest BCUT2D eigenvalue weighted by Gasteiger charge is -2.10. The quantitative estimate of drug-likeness (QED) is 0.418. The first-order valence-electron chi connectivity index (χ1n) is 5.70. The van der Waals surface area contributed by atoms with Gasteiger partial charge in [0.25, 0.3) is 0 Å². The van der Waals surface area contributed by atoms with Crippen LogP contribution in [0.3, 0.4) is 0 Å². The molecule has 0 spiro atoms. The summed E-state index contributed by atoms with van der Waals surface area (Å²) in [6.45, 7) is 4.64. The fourth-order valence-electron chi connectivity index (χ4n) is 1.33. The normalized spacial score (nSPS) is 10.4. The van der Waals surface area contributed by atoms with Crippen molar-refractivity contribution in [3.8, 4) is 17.2 Å². The molecule has 100 valence electrons. The molecule has 0 heterocycles. The van der Waals surface area contributed by atoms with Gasteiger partial charge in [-0.2, -0.15) is 0 Å². The van der Waals surface area contributed by atoms with Gasteiger partial charge in [0.05, 0.1) is 5.69 Å². The monoisotopic (exact) mass is 254 g/mol. The van der Waals surface area contributed by atoms with Crippen LogP contribution in [0.1, 0.15) is 20.3 Å². The van der Waals surface area contributed by atoms with E-state index in [0.29, 0.717) is 12.5 Å². The van der Waals surface area contributed by atoms with E-state index < -0.39 is 23.3 Å². The number of hydrogen-bond donors (Lipinski definition) is 5.